The van der Waals surface area contributed by atoms with Crippen LogP contribution in [0.4, 0.5) is 0 Å². The van der Waals surface area contributed by atoms with Gasteiger partial charge < -0.3 is 9.47 Å². The molecule has 3 heteroatoms. The van der Waals surface area contributed by atoms with Crippen LogP contribution in [0.2, 0.25) is 0 Å². The summed E-state index contributed by atoms with van der Waals surface area (Å²) in [5.41, 5.74) is 0.476. The van der Waals surface area contributed by atoms with Crippen molar-refractivity contribution in [3.63, 3.8) is 0 Å². The highest BCUT2D eigenvalue weighted by molar-refractivity contribution is 5.86. The molecule has 24 heavy (non-hydrogen) atoms. The number of pyridine rings is 1. The first kappa shape index (κ1) is 7.40. The minimum Gasteiger partial charge on any atom is -0.344 e. The third-order valence-electron chi connectivity index (χ3n) is 4.04. The minimum atomic E-state index is -2.79. The molecule has 0 saturated carbocycles. The standard InChI is InChI=1S/C21H25N3/c1-15-4-7-20-18(12-15)19-14-23(3)10-9-21(19)24(20)11-8-17-6-5-16(2)22-13-17/h4-7,12-13H,8-11,14H2,1-3H3/i1D3,8D2,9D2,10D2,14D2. The molecule has 0 aliphatic carbocycles. The summed E-state index contributed by atoms with van der Waals surface area (Å²) in [5.74, 6) is 0. The van der Waals surface area contributed by atoms with Gasteiger partial charge in [0.15, 0.2) is 0 Å². The summed E-state index contributed by atoms with van der Waals surface area (Å²) in [5, 5.41) is 0.0997. The van der Waals surface area contributed by atoms with Crippen molar-refractivity contribution in [1.82, 2.24) is 14.5 Å². The summed E-state index contributed by atoms with van der Waals surface area (Å²) < 4.78 is 93.7. The Morgan fingerprint density at radius 3 is 3.04 bits per heavy atom. The molecule has 0 amide bonds. The van der Waals surface area contributed by atoms with Crippen LogP contribution >= 0.6 is 0 Å². The number of aromatic nitrogens is 2. The highest BCUT2D eigenvalue weighted by atomic mass is 15.1. The second-order valence-corrected chi connectivity index (χ2v) is 5.81. The van der Waals surface area contributed by atoms with Gasteiger partial charge in [0, 0.05) is 69.5 Å². The SMILES string of the molecule is [2H]C([2H])([2H])c1ccc2c(c1)c1c(n2CC([2H])([2H])c2ccc(C)nc2)C([2H])([2H])C([2H])([2H])N(C)C1([2H])[2H]. The third kappa shape index (κ3) is 2.73. The largest absolute Gasteiger partial charge is 0.344 e. The zero-order valence-corrected chi connectivity index (χ0v) is 13.5. The number of likely N-dealkylation sites (N-methyl/N-ethyl adjacent to an activating group) is 1. The molecule has 0 bridgehead atoms. The second-order valence-electron chi connectivity index (χ2n) is 5.81. The lowest BCUT2D eigenvalue weighted by Crippen LogP contribution is -2.27. The maximum absolute atomic E-state index is 8.72. The first-order valence-corrected chi connectivity index (χ1v) is 7.68. The average molecular weight is 331 g/mol. The third-order valence-corrected chi connectivity index (χ3v) is 4.04. The number of fused-ring (bicyclic) bond motifs is 3. The van der Waals surface area contributed by atoms with Gasteiger partial charge in [0.2, 0.25) is 0 Å². The molecule has 0 saturated heterocycles. The quantitative estimate of drug-likeness (QED) is 0.726. The number of benzene rings is 1. The molecule has 0 N–H and O–H groups in total. The normalized spacial score (nSPS) is 29.2. The fourth-order valence-electron chi connectivity index (χ4n) is 2.84. The van der Waals surface area contributed by atoms with E-state index in [1.807, 2.05) is 0 Å². The van der Waals surface area contributed by atoms with E-state index in [1.165, 1.54) is 29.0 Å². The Hall–Kier alpha value is -2.13. The maximum atomic E-state index is 8.72. The molecule has 0 spiro atoms. The van der Waals surface area contributed by atoms with E-state index in [-0.39, 0.29) is 33.3 Å². The van der Waals surface area contributed by atoms with E-state index in [4.69, 9.17) is 15.1 Å². The van der Waals surface area contributed by atoms with Gasteiger partial charge in [-0.25, -0.2) is 0 Å². The molecule has 4 rings (SSSR count). The van der Waals surface area contributed by atoms with Gasteiger partial charge in [-0.3, -0.25) is 4.98 Å². The first-order valence-electron chi connectivity index (χ1n) is 13.2. The summed E-state index contributed by atoms with van der Waals surface area (Å²) in [4.78, 5) is 4.79. The van der Waals surface area contributed by atoms with Crippen LogP contribution in [-0.2, 0) is 25.8 Å². The minimum absolute atomic E-state index is 0.0803. The Balaban J connectivity index is 2.08. The van der Waals surface area contributed by atoms with Crippen LogP contribution in [0.3, 0.4) is 0 Å². The lowest BCUT2D eigenvalue weighted by atomic mass is 10.0. The van der Waals surface area contributed by atoms with Crippen molar-refractivity contribution in [2.24, 2.45) is 0 Å². The molecular formula is C21H25N3. The van der Waals surface area contributed by atoms with E-state index in [9.17, 15) is 0 Å². The molecule has 1 aliphatic rings. The molecule has 0 radical (unpaired) electrons. The molecule has 2 aromatic heterocycles. The number of hydrogen-bond acceptors (Lipinski definition) is 2. The van der Waals surface area contributed by atoms with E-state index >= 15 is 0 Å². The van der Waals surface area contributed by atoms with Crippen molar-refractivity contribution in [3.05, 3.63) is 64.6 Å². The van der Waals surface area contributed by atoms with Crippen LogP contribution in [0.25, 0.3) is 10.9 Å². The van der Waals surface area contributed by atoms with Crippen LogP contribution in [0, 0.1) is 13.8 Å². The van der Waals surface area contributed by atoms with Crippen LogP contribution in [0.5, 0.6) is 0 Å². The molecule has 1 aliphatic heterocycles. The predicted octanol–water partition coefficient (Wildman–Crippen LogP) is 3.88. The smallest absolute Gasteiger partial charge is 0.0486 e. The van der Waals surface area contributed by atoms with Gasteiger partial charge in [-0.2, -0.15) is 0 Å². The zero-order valence-electron chi connectivity index (χ0n) is 24.5. The average Bonchev–Trinajstić information content (AvgIpc) is 3.06. The topological polar surface area (TPSA) is 21.1 Å². The van der Waals surface area contributed by atoms with Crippen molar-refractivity contribution in [2.75, 3.05) is 13.5 Å². The van der Waals surface area contributed by atoms with Crippen molar-refractivity contribution in [1.29, 1.82) is 0 Å². The molecule has 0 fully saturated rings. The number of nitrogens with zero attached hydrogens (tertiary/aromatic N) is 3. The van der Waals surface area contributed by atoms with E-state index in [0.29, 0.717) is 10.6 Å². The zero-order chi connectivity index (χ0) is 26.4. The van der Waals surface area contributed by atoms with E-state index < -0.39 is 39.1 Å². The molecule has 0 atom stereocenters. The molecule has 124 valence electrons. The Morgan fingerprint density at radius 1 is 1.33 bits per heavy atom. The van der Waals surface area contributed by atoms with Gasteiger partial charge >= 0.3 is 0 Å². The Labute approximate surface area is 159 Å². The molecule has 3 nitrogen and oxygen atoms in total. The number of hydrogen-bond donors (Lipinski definition) is 0. The molecule has 1 aromatic carbocycles. The monoisotopic (exact) mass is 330 g/mol. The Kier molecular flexibility index (Phi) is 1.87. The van der Waals surface area contributed by atoms with E-state index in [0.717, 1.165) is 7.05 Å². The first-order chi connectivity index (χ1) is 15.8. The Morgan fingerprint density at radius 2 is 2.25 bits per heavy atom. The summed E-state index contributed by atoms with van der Waals surface area (Å²) in [6.45, 7) is -6.52. The van der Waals surface area contributed by atoms with Crippen LogP contribution in [0.1, 0.15) is 43.2 Å². The second kappa shape index (κ2) is 6.06. The summed E-state index contributed by atoms with van der Waals surface area (Å²) in [6.07, 6.45) is -3.47. The van der Waals surface area contributed by atoms with Crippen LogP contribution < -0.4 is 0 Å². The van der Waals surface area contributed by atoms with Gasteiger partial charge in [-0.05, 0) is 56.5 Å². The van der Waals surface area contributed by atoms with Gasteiger partial charge in [0.1, 0.15) is 0 Å². The molecule has 3 aromatic rings. The van der Waals surface area contributed by atoms with Gasteiger partial charge in [-0.1, -0.05) is 17.7 Å². The van der Waals surface area contributed by atoms with Crippen LogP contribution in [0.15, 0.2) is 36.5 Å². The fourth-order valence-corrected chi connectivity index (χ4v) is 2.84. The molecule has 0 unspecified atom stereocenters. The van der Waals surface area contributed by atoms with Crippen molar-refractivity contribution in [2.45, 2.75) is 39.6 Å². The van der Waals surface area contributed by atoms with Crippen LogP contribution in [-0.4, -0.2) is 28.0 Å². The summed E-state index contributed by atoms with van der Waals surface area (Å²) in [6, 6.07) is 7.20. The van der Waals surface area contributed by atoms with E-state index in [2.05, 4.69) is 4.98 Å². The van der Waals surface area contributed by atoms with Gasteiger partial charge in [0.05, 0.1) is 0 Å². The van der Waals surface area contributed by atoms with Gasteiger partial charge in [-0.15, -0.1) is 0 Å². The van der Waals surface area contributed by atoms with Gasteiger partial charge in [0.25, 0.3) is 0 Å². The maximum Gasteiger partial charge on any atom is 0.0486 e. The molecular weight excluding hydrogens is 294 g/mol. The van der Waals surface area contributed by atoms with Crippen molar-refractivity contribution in [3.8, 4) is 0 Å². The van der Waals surface area contributed by atoms with Crippen molar-refractivity contribution < 1.29 is 15.1 Å². The number of rotatable bonds is 3. The van der Waals surface area contributed by atoms with Crippen molar-refractivity contribution >= 4 is 10.9 Å². The predicted molar refractivity (Wildman–Crippen MR) is 99.4 cm³/mol. The molecule has 3 heterocycles. The lowest BCUT2D eigenvalue weighted by molar-refractivity contribution is 0.309. The van der Waals surface area contributed by atoms with E-state index in [1.54, 1.807) is 19.1 Å². The Bertz CT molecular complexity index is 1290. The summed E-state index contributed by atoms with van der Waals surface area (Å²) in [7, 11) is 1.13. The highest BCUT2D eigenvalue weighted by Crippen LogP contribution is 2.31. The fraction of sp³-hybridized carbons (Fsp3) is 0.381. The number of aryl methyl sites for hydroxylation is 4. The lowest BCUT2D eigenvalue weighted by Gasteiger charge is -2.24. The highest BCUT2D eigenvalue weighted by Gasteiger charge is 2.22. The summed E-state index contributed by atoms with van der Waals surface area (Å²) >= 11 is 0.